The summed E-state index contributed by atoms with van der Waals surface area (Å²) >= 11 is 1.53. The van der Waals surface area contributed by atoms with Crippen LogP contribution in [0.3, 0.4) is 0 Å². The first-order chi connectivity index (χ1) is 13.7. The van der Waals surface area contributed by atoms with Crippen molar-refractivity contribution in [1.82, 2.24) is 19.1 Å². The first kappa shape index (κ1) is 16.2. The lowest BCUT2D eigenvalue weighted by Crippen LogP contribution is -2.41. The van der Waals surface area contributed by atoms with Crippen molar-refractivity contribution in [3.8, 4) is 0 Å². The molecular formula is C20H18FN5OS. The molecule has 0 unspecified atom stereocenters. The number of thiazole rings is 1. The second-order valence-electron chi connectivity index (χ2n) is 7.70. The molecule has 6 nitrogen and oxygen atoms in total. The van der Waals surface area contributed by atoms with E-state index in [-0.39, 0.29) is 23.6 Å². The van der Waals surface area contributed by atoms with E-state index in [0.717, 1.165) is 46.7 Å². The summed E-state index contributed by atoms with van der Waals surface area (Å²) in [6, 6.07) is 9.29. The van der Waals surface area contributed by atoms with E-state index in [1.807, 2.05) is 21.3 Å². The number of rotatable bonds is 4. The maximum absolute atomic E-state index is 13.4. The summed E-state index contributed by atoms with van der Waals surface area (Å²) in [5.41, 5.74) is 2.48. The molecule has 3 aromatic heterocycles. The van der Waals surface area contributed by atoms with E-state index in [0.29, 0.717) is 11.6 Å². The standard InChI is InChI=1S/C20H18FN5OS/c21-11-3-6-17-15(8-11)24-19(28-17)23-12-9-14(10-12)26-18-16(2-1-7-22-18)25(20(26)27)13-4-5-13/h1-3,6-8,12-14H,4-5,9-10H2,(H,23,24). The highest BCUT2D eigenvalue weighted by molar-refractivity contribution is 7.22. The van der Waals surface area contributed by atoms with Crippen molar-refractivity contribution < 1.29 is 4.39 Å². The minimum absolute atomic E-state index is 0.0649. The van der Waals surface area contributed by atoms with E-state index in [2.05, 4.69) is 15.3 Å². The third-order valence-electron chi connectivity index (χ3n) is 5.73. The quantitative estimate of drug-likeness (QED) is 0.565. The molecule has 1 aromatic carbocycles. The van der Waals surface area contributed by atoms with Crippen molar-refractivity contribution in [2.24, 2.45) is 0 Å². The van der Waals surface area contributed by atoms with Crippen LogP contribution in [-0.4, -0.2) is 25.1 Å². The second-order valence-corrected chi connectivity index (χ2v) is 8.73. The lowest BCUT2D eigenvalue weighted by molar-refractivity contribution is 0.280. The average molecular weight is 395 g/mol. The molecule has 6 rings (SSSR count). The van der Waals surface area contributed by atoms with Crippen LogP contribution in [0.2, 0.25) is 0 Å². The molecule has 2 saturated carbocycles. The molecule has 142 valence electrons. The number of halogens is 1. The Morgan fingerprint density at radius 1 is 1.14 bits per heavy atom. The third kappa shape index (κ3) is 2.47. The van der Waals surface area contributed by atoms with E-state index in [4.69, 9.17) is 0 Å². The SMILES string of the molecule is O=c1n(C2CC2)c2cccnc2n1C1CC(Nc2nc3cc(F)ccc3s2)C1. The lowest BCUT2D eigenvalue weighted by atomic mass is 9.86. The van der Waals surface area contributed by atoms with Gasteiger partial charge in [0.2, 0.25) is 0 Å². The summed E-state index contributed by atoms with van der Waals surface area (Å²) in [6.07, 6.45) is 5.60. The van der Waals surface area contributed by atoms with Gasteiger partial charge in [0, 0.05) is 30.4 Å². The lowest BCUT2D eigenvalue weighted by Gasteiger charge is -2.36. The smallest absolute Gasteiger partial charge is 0.330 e. The van der Waals surface area contributed by atoms with Crippen LogP contribution in [-0.2, 0) is 0 Å². The summed E-state index contributed by atoms with van der Waals surface area (Å²) in [4.78, 5) is 22.0. The highest BCUT2D eigenvalue weighted by atomic mass is 32.1. The number of benzene rings is 1. The molecule has 0 bridgehead atoms. The van der Waals surface area contributed by atoms with E-state index in [9.17, 15) is 9.18 Å². The van der Waals surface area contributed by atoms with Gasteiger partial charge < -0.3 is 5.32 Å². The molecule has 2 aliphatic rings. The average Bonchev–Trinajstić information content (AvgIpc) is 3.33. The molecule has 2 aliphatic carbocycles. The second kappa shape index (κ2) is 5.88. The fourth-order valence-electron chi connectivity index (χ4n) is 4.14. The zero-order chi connectivity index (χ0) is 18.8. The molecule has 0 amide bonds. The van der Waals surface area contributed by atoms with Gasteiger partial charge in [0.25, 0.3) is 0 Å². The first-order valence-electron chi connectivity index (χ1n) is 9.57. The van der Waals surface area contributed by atoms with Gasteiger partial charge in [0.05, 0.1) is 15.7 Å². The number of hydrogen-bond donors (Lipinski definition) is 1. The van der Waals surface area contributed by atoms with Crippen molar-refractivity contribution in [3.63, 3.8) is 0 Å². The Labute approximate surface area is 163 Å². The fraction of sp³-hybridized carbons (Fsp3) is 0.350. The van der Waals surface area contributed by atoms with Crippen molar-refractivity contribution in [3.05, 3.63) is 52.8 Å². The molecule has 1 N–H and O–H groups in total. The molecule has 0 spiro atoms. The Morgan fingerprint density at radius 2 is 2.00 bits per heavy atom. The zero-order valence-electron chi connectivity index (χ0n) is 15.0. The monoisotopic (exact) mass is 395 g/mol. The van der Waals surface area contributed by atoms with Gasteiger partial charge in [-0.15, -0.1) is 0 Å². The molecule has 0 radical (unpaired) electrons. The van der Waals surface area contributed by atoms with Crippen LogP contribution in [0.4, 0.5) is 9.52 Å². The number of anilines is 1. The van der Waals surface area contributed by atoms with Crippen molar-refractivity contribution in [1.29, 1.82) is 0 Å². The molecule has 2 fully saturated rings. The molecule has 28 heavy (non-hydrogen) atoms. The van der Waals surface area contributed by atoms with Crippen molar-refractivity contribution >= 4 is 37.8 Å². The highest BCUT2D eigenvalue weighted by Gasteiger charge is 2.36. The van der Waals surface area contributed by atoms with Crippen LogP contribution in [0, 0.1) is 5.82 Å². The van der Waals surface area contributed by atoms with E-state index in [1.165, 1.54) is 23.5 Å². The minimum Gasteiger partial charge on any atom is -0.359 e. The Morgan fingerprint density at radius 3 is 2.82 bits per heavy atom. The van der Waals surface area contributed by atoms with Gasteiger partial charge in [-0.25, -0.2) is 19.2 Å². The molecule has 0 atom stereocenters. The third-order valence-corrected chi connectivity index (χ3v) is 6.70. The van der Waals surface area contributed by atoms with E-state index < -0.39 is 0 Å². The minimum atomic E-state index is -0.271. The number of pyridine rings is 1. The maximum Gasteiger partial charge on any atom is 0.330 e. The van der Waals surface area contributed by atoms with Crippen LogP contribution in [0.25, 0.3) is 21.4 Å². The fourth-order valence-corrected chi connectivity index (χ4v) is 5.06. The van der Waals surface area contributed by atoms with Crippen LogP contribution in [0.5, 0.6) is 0 Å². The van der Waals surface area contributed by atoms with Crippen LogP contribution >= 0.6 is 11.3 Å². The van der Waals surface area contributed by atoms with Crippen LogP contribution < -0.4 is 11.0 Å². The Kier molecular flexibility index (Phi) is 3.41. The molecule has 3 heterocycles. The van der Waals surface area contributed by atoms with Gasteiger partial charge in [0.15, 0.2) is 10.8 Å². The van der Waals surface area contributed by atoms with Gasteiger partial charge in [-0.1, -0.05) is 11.3 Å². The predicted octanol–water partition coefficient (Wildman–Crippen LogP) is 4.10. The number of aromatic nitrogens is 4. The van der Waals surface area contributed by atoms with E-state index >= 15 is 0 Å². The molecular weight excluding hydrogens is 377 g/mol. The number of nitrogens with one attached hydrogen (secondary N) is 1. The molecule has 0 saturated heterocycles. The summed E-state index contributed by atoms with van der Waals surface area (Å²) in [5, 5.41) is 4.24. The topological polar surface area (TPSA) is 64.7 Å². The van der Waals surface area contributed by atoms with Crippen LogP contribution in [0.15, 0.2) is 41.3 Å². The van der Waals surface area contributed by atoms with Gasteiger partial charge >= 0.3 is 5.69 Å². The number of imidazole rings is 1. The maximum atomic E-state index is 13.4. The van der Waals surface area contributed by atoms with Crippen molar-refractivity contribution in [2.75, 3.05) is 5.32 Å². The predicted molar refractivity (Wildman–Crippen MR) is 108 cm³/mol. The Hall–Kier alpha value is -2.74. The summed E-state index contributed by atoms with van der Waals surface area (Å²) in [6.45, 7) is 0. The summed E-state index contributed by atoms with van der Waals surface area (Å²) in [7, 11) is 0. The number of fused-ring (bicyclic) bond motifs is 2. The van der Waals surface area contributed by atoms with Gasteiger partial charge in [0.1, 0.15) is 5.82 Å². The largest absolute Gasteiger partial charge is 0.359 e. The molecule has 8 heteroatoms. The highest BCUT2D eigenvalue weighted by Crippen LogP contribution is 2.40. The summed E-state index contributed by atoms with van der Waals surface area (Å²) in [5.74, 6) is -0.271. The Balaban J connectivity index is 1.25. The van der Waals surface area contributed by atoms with Gasteiger partial charge in [-0.2, -0.15) is 0 Å². The van der Waals surface area contributed by atoms with Crippen molar-refractivity contribution in [2.45, 2.75) is 43.8 Å². The van der Waals surface area contributed by atoms with Gasteiger partial charge in [-0.05, 0) is 49.9 Å². The normalized spacial score (nSPS) is 21.9. The molecule has 4 aromatic rings. The van der Waals surface area contributed by atoms with Crippen LogP contribution in [0.1, 0.15) is 37.8 Å². The number of nitrogens with zero attached hydrogens (tertiary/aromatic N) is 4. The van der Waals surface area contributed by atoms with Gasteiger partial charge in [-0.3, -0.25) is 9.13 Å². The first-order valence-corrected chi connectivity index (χ1v) is 10.4. The molecule has 0 aliphatic heterocycles. The zero-order valence-corrected chi connectivity index (χ0v) is 15.8. The van der Waals surface area contributed by atoms with E-state index in [1.54, 1.807) is 12.3 Å². The number of hydrogen-bond acceptors (Lipinski definition) is 5. The Bertz CT molecular complexity index is 1260. The summed E-state index contributed by atoms with van der Waals surface area (Å²) < 4.78 is 18.1.